The van der Waals surface area contributed by atoms with E-state index in [2.05, 4.69) is 10.3 Å². The molecule has 0 saturated heterocycles. The summed E-state index contributed by atoms with van der Waals surface area (Å²) >= 11 is 0. The molecule has 0 amide bonds. The topological polar surface area (TPSA) is 44.7 Å². The van der Waals surface area contributed by atoms with Crippen LogP contribution in [0.1, 0.15) is 39.5 Å². The van der Waals surface area contributed by atoms with Gasteiger partial charge in [-0.1, -0.05) is 13.3 Å². The maximum absolute atomic E-state index is 11.9. The van der Waals surface area contributed by atoms with Crippen molar-refractivity contribution < 1.29 is 4.21 Å². The molecule has 1 N–H and O–H groups in total. The van der Waals surface area contributed by atoms with Gasteiger partial charge in [-0.05, 0) is 26.2 Å². The van der Waals surface area contributed by atoms with E-state index in [0.29, 0.717) is 11.3 Å². The number of halogens is 1. The average molecular weight is 401 g/mol. The number of hydrogen-bond donors (Lipinski definition) is 1. The number of rotatable bonds is 4. The molecule has 0 spiro atoms. The van der Waals surface area contributed by atoms with Gasteiger partial charge in [0.05, 0.1) is 0 Å². The van der Waals surface area contributed by atoms with Crippen molar-refractivity contribution in [3.8, 4) is 0 Å². The predicted octanol–water partition coefficient (Wildman–Crippen LogP) is 2.21. The molecular formula is C13H28IN3OS. The van der Waals surface area contributed by atoms with Gasteiger partial charge >= 0.3 is 0 Å². The fraction of sp³-hybridized carbons (Fsp3) is 0.923. The molecule has 1 rings (SSSR count). The lowest BCUT2D eigenvalue weighted by Crippen LogP contribution is -2.46. The van der Waals surface area contributed by atoms with E-state index in [1.165, 1.54) is 6.42 Å². The molecule has 0 heterocycles. The molecule has 19 heavy (non-hydrogen) atoms. The molecule has 1 saturated carbocycles. The number of guanidine groups is 1. The van der Waals surface area contributed by atoms with E-state index in [-0.39, 0.29) is 24.0 Å². The summed E-state index contributed by atoms with van der Waals surface area (Å²) in [5.74, 6) is 1.73. The Balaban J connectivity index is 0.00000324. The third kappa shape index (κ3) is 6.42. The van der Waals surface area contributed by atoms with Crippen molar-refractivity contribution in [2.24, 2.45) is 4.99 Å². The highest BCUT2D eigenvalue weighted by molar-refractivity contribution is 14.0. The van der Waals surface area contributed by atoms with Gasteiger partial charge in [-0.25, -0.2) is 0 Å². The van der Waals surface area contributed by atoms with Gasteiger partial charge in [-0.3, -0.25) is 9.20 Å². The Bertz CT molecular complexity index is 310. The second kappa shape index (κ2) is 9.96. The molecule has 0 aromatic carbocycles. The smallest absolute Gasteiger partial charge is 0.193 e. The average Bonchev–Trinajstić information content (AvgIpc) is 2.37. The van der Waals surface area contributed by atoms with Crippen molar-refractivity contribution in [2.45, 2.75) is 50.8 Å². The standard InChI is InChI=1S/C13H27N3OS.HI/c1-5-14-13(16(3)4)15-11-8-7-9-12(10-11)18(17)6-2;/h11-12H,5-10H2,1-4H3,(H,14,15);1H. The molecule has 0 aliphatic heterocycles. The van der Waals surface area contributed by atoms with Gasteiger partial charge in [0, 0.05) is 48.5 Å². The molecule has 1 fully saturated rings. The number of nitrogens with one attached hydrogen (secondary N) is 1. The van der Waals surface area contributed by atoms with E-state index in [4.69, 9.17) is 0 Å². The highest BCUT2D eigenvalue weighted by Gasteiger charge is 2.26. The van der Waals surface area contributed by atoms with Crippen LogP contribution in [0, 0.1) is 0 Å². The molecule has 1 aliphatic rings. The van der Waals surface area contributed by atoms with Gasteiger partial charge in [0.1, 0.15) is 0 Å². The van der Waals surface area contributed by atoms with Gasteiger partial charge in [0.2, 0.25) is 0 Å². The largest absolute Gasteiger partial charge is 0.353 e. The van der Waals surface area contributed by atoms with Gasteiger partial charge in [-0.15, -0.1) is 24.0 Å². The fourth-order valence-electron chi connectivity index (χ4n) is 2.40. The quantitative estimate of drug-likeness (QED) is 0.446. The van der Waals surface area contributed by atoms with Crippen LogP contribution in [0.2, 0.25) is 0 Å². The molecule has 3 atom stereocenters. The van der Waals surface area contributed by atoms with E-state index < -0.39 is 10.8 Å². The summed E-state index contributed by atoms with van der Waals surface area (Å²) < 4.78 is 11.9. The predicted molar refractivity (Wildman–Crippen MR) is 94.9 cm³/mol. The molecule has 0 aromatic heterocycles. The zero-order valence-electron chi connectivity index (χ0n) is 12.5. The molecule has 0 aromatic rings. The van der Waals surface area contributed by atoms with Crippen molar-refractivity contribution >= 4 is 40.7 Å². The number of nitrogens with zero attached hydrogens (tertiary/aromatic N) is 2. The maximum Gasteiger partial charge on any atom is 0.193 e. The lowest BCUT2D eigenvalue weighted by Gasteiger charge is -2.31. The second-order valence-corrected chi connectivity index (χ2v) is 7.00. The van der Waals surface area contributed by atoms with Crippen molar-refractivity contribution in [1.29, 1.82) is 0 Å². The van der Waals surface area contributed by atoms with Crippen LogP contribution in [-0.2, 0) is 10.8 Å². The van der Waals surface area contributed by atoms with Gasteiger partial charge in [0.15, 0.2) is 5.96 Å². The van der Waals surface area contributed by atoms with Gasteiger partial charge in [0.25, 0.3) is 0 Å². The van der Waals surface area contributed by atoms with Crippen LogP contribution in [0.5, 0.6) is 0 Å². The van der Waals surface area contributed by atoms with Gasteiger partial charge in [-0.2, -0.15) is 0 Å². The van der Waals surface area contributed by atoms with Crippen LogP contribution >= 0.6 is 24.0 Å². The Morgan fingerprint density at radius 2 is 2.05 bits per heavy atom. The summed E-state index contributed by atoms with van der Waals surface area (Å²) in [6, 6.07) is 0.423. The molecule has 0 radical (unpaired) electrons. The summed E-state index contributed by atoms with van der Waals surface area (Å²) in [6.07, 6.45) is 4.45. The van der Waals surface area contributed by atoms with Crippen LogP contribution in [0.3, 0.4) is 0 Å². The first-order valence-electron chi connectivity index (χ1n) is 6.93. The first kappa shape index (κ1) is 19.1. The Kier molecular flexibility index (Phi) is 10.0. The SMILES string of the molecule is CCN=C(NC1CCCC(S(=O)CC)C1)N(C)C.I. The third-order valence-corrected chi connectivity index (χ3v) is 5.09. The Labute approximate surface area is 137 Å². The molecule has 4 nitrogen and oxygen atoms in total. The maximum atomic E-state index is 11.9. The second-order valence-electron chi connectivity index (χ2n) is 4.99. The highest BCUT2D eigenvalue weighted by atomic mass is 127. The summed E-state index contributed by atoms with van der Waals surface area (Å²) in [4.78, 5) is 6.48. The molecule has 114 valence electrons. The van der Waals surface area contributed by atoms with E-state index in [1.54, 1.807) is 0 Å². The number of hydrogen-bond acceptors (Lipinski definition) is 2. The van der Waals surface area contributed by atoms with Crippen LogP contribution < -0.4 is 5.32 Å². The lowest BCUT2D eigenvalue weighted by molar-refractivity contribution is 0.402. The van der Waals surface area contributed by atoms with Crippen LogP contribution in [0.4, 0.5) is 0 Å². The summed E-state index contributed by atoms with van der Waals surface area (Å²) in [7, 11) is 3.36. The highest BCUT2D eigenvalue weighted by Crippen LogP contribution is 2.23. The summed E-state index contributed by atoms with van der Waals surface area (Å²) in [5.41, 5.74) is 0. The van der Waals surface area contributed by atoms with Crippen molar-refractivity contribution in [1.82, 2.24) is 10.2 Å². The summed E-state index contributed by atoms with van der Waals surface area (Å²) in [5, 5.41) is 3.87. The van der Waals surface area contributed by atoms with Crippen molar-refractivity contribution in [2.75, 3.05) is 26.4 Å². The molecule has 1 aliphatic carbocycles. The zero-order chi connectivity index (χ0) is 13.5. The van der Waals surface area contributed by atoms with Crippen LogP contribution in [-0.4, -0.2) is 52.8 Å². The first-order chi connectivity index (χ1) is 8.58. The van der Waals surface area contributed by atoms with E-state index >= 15 is 0 Å². The third-order valence-electron chi connectivity index (χ3n) is 3.35. The minimum atomic E-state index is -0.657. The first-order valence-corrected chi connectivity index (χ1v) is 8.32. The Morgan fingerprint density at radius 1 is 1.37 bits per heavy atom. The van der Waals surface area contributed by atoms with E-state index in [9.17, 15) is 4.21 Å². The van der Waals surface area contributed by atoms with Gasteiger partial charge < -0.3 is 10.2 Å². The Hall–Kier alpha value is 0.150. The molecule has 6 heteroatoms. The molecular weight excluding hydrogens is 373 g/mol. The minimum absolute atomic E-state index is 0. The normalized spacial score (nSPS) is 25.4. The lowest BCUT2D eigenvalue weighted by atomic mass is 9.95. The number of aliphatic imine (C=N–C) groups is 1. The zero-order valence-corrected chi connectivity index (χ0v) is 15.7. The Morgan fingerprint density at radius 3 is 2.58 bits per heavy atom. The monoisotopic (exact) mass is 401 g/mol. The minimum Gasteiger partial charge on any atom is -0.353 e. The van der Waals surface area contributed by atoms with E-state index in [1.807, 2.05) is 32.8 Å². The van der Waals surface area contributed by atoms with E-state index in [0.717, 1.165) is 37.5 Å². The van der Waals surface area contributed by atoms with Crippen LogP contribution in [0.15, 0.2) is 4.99 Å². The molecule has 3 unspecified atom stereocenters. The molecule has 0 bridgehead atoms. The van der Waals surface area contributed by atoms with Crippen LogP contribution in [0.25, 0.3) is 0 Å². The van der Waals surface area contributed by atoms with Crippen molar-refractivity contribution in [3.63, 3.8) is 0 Å². The van der Waals surface area contributed by atoms with Crippen molar-refractivity contribution in [3.05, 3.63) is 0 Å². The summed E-state index contributed by atoms with van der Waals surface area (Å²) in [6.45, 7) is 4.84. The fourth-order valence-corrected chi connectivity index (χ4v) is 3.75.